The number of piperidine rings is 1. The molecule has 1 N–H and O–H groups in total. The van der Waals surface area contributed by atoms with Gasteiger partial charge in [-0.15, -0.1) is 0 Å². The molecule has 156 valence electrons. The lowest BCUT2D eigenvalue weighted by molar-refractivity contribution is 0.161. The number of ether oxygens (including phenoxy) is 1. The van der Waals surface area contributed by atoms with Crippen LogP contribution < -0.4 is 9.64 Å². The van der Waals surface area contributed by atoms with Crippen molar-refractivity contribution in [3.63, 3.8) is 0 Å². The molecule has 3 heterocycles. The van der Waals surface area contributed by atoms with E-state index < -0.39 is 0 Å². The Morgan fingerprint density at radius 3 is 2.66 bits per heavy atom. The first-order valence-corrected chi connectivity index (χ1v) is 10.8. The first-order chi connectivity index (χ1) is 14.0. The van der Waals surface area contributed by atoms with Crippen molar-refractivity contribution in [1.82, 2.24) is 15.0 Å². The molecule has 2 fully saturated rings. The Morgan fingerprint density at radius 1 is 1.28 bits per heavy atom. The quantitative estimate of drug-likeness (QED) is 0.796. The maximum Gasteiger partial charge on any atom is 0.232 e. The zero-order chi connectivity index (χ0) is 20.6. The van der Waals surface area contributed by atoms with E-state index in [0.29, 0.717) is 33.3 Å². The lowest BCUT2D eigenvalue weighted by Crippen LogP contribution is -2.42. The smallest absolute Gasteiger partial charge is 0.232 e. The highest BCUT2D eigenvalue weighted by Crippen LogP contribution is 2.50. The number of aromatic nitrogens is 3. The fraction of sp³-hybridized carbons (Fsp3) is 0.591. The third kappa shape index (κ3) is 3.57. The Labute approximate surface area is 177 Å². The molecule has 0 bridgehead atoms. The van der Waals surface area contributed by atoms with E-state index in [9.17, 15) is 5.11 Å². The summed E-state index contributed by atoms with van der Waals surface area (Å²) in [5, 5.41) is 10.4. The summed E-state index contributed by atoms with van der Waals surface area (Å²) in [6.45, 7) is 6.12. The molecule has 0 unspecified atom stereocenters. The third-order valence-electron chi connectivity index (χ3n) is 6.99. The SMILES string of the molecule is COc1nccc(-c2nc(CO)c(N3CCC4(CCC[C@H]4C)CC3)nc2C)c1Cl. The van der Waals surface area contributed by atoms with Crippen LogP contribution in [0, 0.1) is 18.3 Å². The highest BCUT2D eigenvalue weighted by molar-refractivity contribution is 6.34. The average Bonchev–Trinajstić information content (AvgIpc) is 3.08. The lowest BCUT2D eigenvalue weighted by Gasteiger charge is -2.43. The predicted octanol–water partition coefficient (Wildman–Crippen LogP) is 4.41. The monoisotopic (exact) mass is 416 g/mol. The van der Waals surface area contributed by atoms with Gasteiger partial charge in [-0.3, -0.25) is 0 Å². The van der Waals surface area contributed by atoms with Crippen molar-refractivity contribution < 1.29 is 9.84 Å². The number of rotatable bonds is 4. The van der Waals surface area contributed by atoms with Gasteiger partial charge in [0.15, 0.2) is 5.82 Å². The normalized spacial score (nSPS) is 21.0. The van der Waals surface area contributed by atoms with E-state index in [2.05, 4.69) is 16.8 Å². The van der Waals surface area contributed by atoms with Gasteiger partial charge in [0.2, 0.25) is 5.88 Å². The van der Waals surface area contributed by atoms with Crippen LogP contribution in [-0.4, -0.2) is 40.3 Å². The number of aryl methyl sites for hydroxylation is 1. The molecule has 0 radical (unpaired) electrons. The second-order valence-electron chi connectivity index (χ2n) is 8.41. The fourth-order valence-electron chi connectivity index (χ4n) is 5.13. The van der Waals surface area contributed by atoms with Gasteiger partial charge in [-0.2, -0.15) is 0 Å². The van der Waals surface area contributed by atoms with Gasteiger partial charge in [0, 0.05) is 24.8 Å². The molecule has 0 aromatic carbocycles. The van der Waals surface area contributed by atoms with Crippen molar-refractivity contribution in [2.45, 2.75) is 52.6 Å². The van der Waals surface area contributed by atoms with E-state index >= 15 is 0 Å². The van der Waals surface area contributed by atoms with Gasteiger partial charge in [-0.25, -0.2) is 15.0 Å². The van der Waals surface area contributed by atoms with Crippen LogP contribution in [0.1, 0.15) is 50.4 Å². The van der Waals surface area contributed by atoms with Gasteiger partial charge in [0.1, 0.15) is 10.7 Å². The van der Waals surface area contributed by atoms with Crippen LogP contribution in [0.3, 0.4) is 0 Å². The van der Waals surface area contributed by atoms with Crippen LogP contribution in [0.25, 0.3) is 11.3 Å². The average molecular weight is 417 g/mol. The molecule has 1 aliphatic carbocycles. The van der Waals surface area contributed by atoms with E-state index in [1.54, 1.807) is 12.3 Å². The maximum atomic E-state index is 10.0. The molecular weight excluding hydrogens is 388 g/mol. The molecule has 1 atom stereocenters. The maximum absolute atomic E-state index is 10.0. The van der Waals surface area contributed by atoms with Gasteiger partial charge in [0.05, 0.1) is 25.1 Å². The Balaban J connectivity index is 1.64. The minimum Gasteiger partial charge on any atom is -0.480 e. The highest BCUT2D eigenvalue weighted by Gasteiger charge is 2.42. The Hall–Kier alpha value is -1.92. The molecular formula is C22H29ClN4O2. The summed E-state index contributed by atoms with van der Waals surface area (Å²) in [5.74, 6) is 1.96. The third-order valence-corrected chi connectivity index (χ3v) is 7.36. The molecule has 1 saturated carbocycles. The van der Waals surface area contributed by atoms with Crippen LogP contribution >= 0.6 is 11.6 Å². The second-order valence-corrected chi connectivity index (χ2v) is 8.79. The van der Waals surface area contributed by atoms with Gasteiger partial charge < -0.3 is 14.7 Å². The number of anilines is 1. The molecule has 1 spiro atoms. The summed E-state index contributed by atoms with van der Waals surface area (Å²) < 4.78 is 5.23. The Bertz CT molecular complexity index is 897. The number of aliphatic hydroxyl groups excluding tert-OH is 1. The highest BCUT2D eigenvalue weighted by atomic mass is 35.5. The fourth-order valence-corrected chi connectivity index (χ4v) is 5.40. The van der Waals surface area contributed by atoms with Crippen molar-refractivity contribution in [2.24, 2.45) is 11.3 Å². The number of nitrogens with zero attached hydrogens (tertiary/aromatic N) is 4. The summed E-state index contributed by atoms with van der Waals surface area (Å²) in [7, 11) is 1.53. The first-order valence-electron chi connectivity index (χ1n) is 10.4. The number of halogens is 1. The van der Waals surface area contributed by atoms with Crippen LogP contribution in [0.15, 0.2) is 12.3 Å². The number of methoxy groups -OCH3 is 1. The minimum atomic E-state index is -0.159. The van der Waals surface area contributed by atoms with E-state index in [1.165, 1.54) is 39.2 Å². The van der Waals surface area contributed by atoms with Gasteiger partial charge in [-0.1, -0.05) is 31.4 Å². The van der Waals surface area contributed by atoms with Crippen molar-refractivity contribution in [2.75, 3.05) is 25.1 Å². The van der Waals surface area contributed by atoms with Crippen LogP contribution in [0.4, 0.5) is 5.82 Å². The van der Waals surface area contributed by atoms with Crippen LogP contribution in [-0.2, 0) is 6.61 Å². The van der Waals surface area contributed by atoms with E-state index in [0.717, 1.165) is 30.5 Å². The Kier molecular flexibility index (Phi) is 5.67. The number of aliphatic hydroxyl groups is 1. The zero-order valence-corrected chi connectivity index (χ0v) is 18.2. The second kappa shape index (κ2) is 8.07. The molecule has 2 aliphatic rings. The standard InChI is InChI=1S/C22H29ClN4O2/c1-14-5-4-7-22(14)8-11-27(12-9-22)20-17(13-28)26-19(15(2)25-20)16-6-10-24-21(29-3)18(16)23/h6,10,14,28H,4-5,7-9,11-13H2,1-3H3/t14-/m1/s1. The van der Waals surface area contributed by atoms with Crippen LogP contribution in [0.5, 0.6) is 5.88 Å². The van der Waals surface area contributed by atoms with E-state index in [4.69, 9.17) is 26.3 Å². The summed E-state index contributed by atoms with van der Waals surface area (Å²) in [5.41, 5.74) is 3.23. The summed E-state index contributed by atoms with van der Waals surface area (Å²) in [4.78, 5) is 16.0. The minimum absolute atomic E-state index is 0.159. The van der Waals surface area contributed by atoms with E-state index in [1.807, 2.05) is 6.92 Å². The van der Waals surface area contributed by atoms with Crippen molar-refractivity contribution in [3.8, 4) is 17.1 Å². The predicted molar refractivity (Wildman–Crippen MR) is 114 cm³/mol. The molecule has 2 aromatic heterocycles. The summed E-state index contributed by atoms with van der Waals surface area (Å²) >= 11 is 6.45. The van der Waals surface area contributed by atoms with Gasteiger partial charge in [0.25, 0.3) is 0 Å². The summed E-state index contributed by atoms with van der Waals surface area (Å²) in [6, 6.07) is 1.80. The molecule has 4 rings (SSSR count). The van der Waals surface area contributed by atoms with Crippen molar-refractivity contribution >= 4 is 17.4 Å². The topological polar surface area (TPSA) is 71.4 Å². The summed E-state index contributed by atoms with van der Waals surface area (Å²) in [6.07, 6.45) is 8.07. The zero-order valence-electron chi connectivity index (χ0n) is 17.4. The first kappa shape index (κ1) is 20.4. The number of hydrogen-bond donors (Lipinski definition) is 1. The molecule has 1 aliphatic heterocycles. The lowest BCUT2D eigenvalue weighted by atomic mass is 9.71. The molecule has 6 nitrogen and oxygen atoms in total. The van der Waals surface area contributed by atoms with Crippen LogP contribution in [0.2, 0.25) is 5.02 Å². The Morgan fingerprint density at radius 2 is 2.03 bits per heavy atom. The van der Waals surface area contributed by atoms with Crippen molar-refractivity contribution in [3.05, 3.63) is 28.7 Å². The molecule has 7 heteroatoms. The molecule has 1 saturated heterocycles. The molecule has 29 heavy (non-hydrogen) atoms. The van der Waals surface area contributed by atoms with Gasteiger partial charge >= 0.3 is 0 Å². The number of pyridine rings is 1. The molecule has 2 aromatic rings. The van der Waals surface area contributed by atoms with Gasteiger partial charge in [-0.05, 0) is 43.6 Å². The van der Waals surface area contributed by atoms with E-state index in [-0.39, 0.29) is 6.61 Å². The largest absolute Gasteiger partial charge is 0.480 e. The molecule has 0 amide bonds. The number of hydrogen-bond acceptors (Lipinski definition) is 6. The van der Waals surface area contributed by atoms with Crippen molar-refractivity contribution in [1.29, 1.82) is 0 Å².